The number of anilines is 1. The molecule has 30 heavy (non-hydrogen) atoms. The summed E-state index contributed by atoms with van der Waals surface area (Å²) in [5.41, 5.74) is 0.849. The zero-order valence-electron chi connectivity index (χ0n) is 16.9. The van der Waals surface area contributed by atoms with Crippen LogP contribution in [0.2, 0.25) is 0 Å². The SMILES string of the molecule is COc1nccnc1OC1CCCN(C(=O)CN2CCN(c3ccccc3)C2=O)C1. The smallest absolute Gasteiger partial charge is 0.325 e. The quantitative estimate of drug-likeness (QED) is 0.720. The minimum atomic E-state index is -0.191. The molecule has 0 N–H and O–H groups in total. The largest absolute Gasteiger partial charge is 0.477 e. The third-order valence-electron chi connectivity index (χ3n) is 5.32. The molecule has 1 aromatic carbocycles. The summed E-state index contributed by atoms with van der Waals surface area (Å²) < 4.78 is 11.1. The molecule has 0 saturated carbocycles. The lowest BCUT2D eigenvalue weighted by atomic mass is 10.1. The molecule has 0 radical (unpaired) electrons. The molecule has 2 aromatic rings. The number of piperidine rings is 1. The van der Waals surface area contributed by atoms with Crippen LogP contribution < -0.4 is 14.4 Å². The van der Waals surface area contributed by atoms with Gasteiger partial charge in [0.2, 0.25) is 5.91 Å². The number of ether oxygens (including phenoxy) is 2. The normalized spacial score (nSPS) is 19.2. The van der Waals surface area contributed by atoms with E-state index in [9.17, 15) is 9.59 Å². The van der Waals surface area contributed by atoms with E-state index in [0.29, 0.717) is 37.9 Å². The molecule has 1 unspecified atom stereocenters. The Bertz CT molecular complexity index is 894. The standard InChI is InChI=1S/C21H25N5O4/c1-29-19-20(23-10-9-22-19)30-17-8-5-11-24(14-17)18(27)15-25-12-13-26(21(25)28)16-6-3-2-4-7-16/h2-4,6-7,9-10,17H,5,8,11-15H2,1H3. The number of carbonyl (C=O) groups is 2. The Morgan fingerprint density at radius 1 is 1.10 bits per heavy atom. The first-order chi connectivity index (χ1) is 14.7. The number of methoxy groups -OCH3 is 1. The van der Waals surface area contributed by atoms with Gasteiger partial charge < -0.3 is 19.3 Å². The van der Waals surface area contributed by atoms with E-state index >= 15 is 0 Å². The number of nitrogens with zero attached hydrogens (tertiary/aromatic N) is 5. The number of urea groups is 1. The maximum atomic E-state index is 12.9. The second-order valence-corrected chi connectivity index (χ2v) is 7.28. The summed E-state index contributed by atoms with van der Waals surface area (Å²) in [5, 5.41) is 0. The fourth-order valence-electron chi connectivity index (χ4n) is 3.79. The fraction of sp³-hybridized carbons (Fsp3) is 0.429. The summed E-state index contributed by atoms with van der Waals surface area (Å²) in [5.74, 6) is 0.579. The number of hydrogen-bond acceptors (Lipinski definition) is 6. The second-order valence-electron chi connectivity index (χ2n) is 7.28. The lowest BCUT2D eigenvalue weighted by Gasteiger charge is -2.33. The van der Waals surface area contributed by atoms with Crippen LogP contribution in [0, 0.1) is 0 Å². The van der Waals surface area contributed by atoms with Crippen molar-refractivity contribution >= 4 is 17.6 Å². The Kier molecular flexibility index (Phi) is 5.97. The van der Waals surface area contributed by atoms with Gasteiger partial charge >= 0.3 is 6.03 Å². The van der Waals surface area contributed by atoms with E-state index in [1.807, 2.05) is 30.3 Å². The van der Waals surface area contributed by atoms with Gasteiger partial charge in [0.05, 0.1) is 13.7 Å². The second kappa shape index (κ2) is 8.98. The topological polar surface area (TPSA) is 88.1 Å². The summed E-state index contributed by atoms with van der Waals surface area (Å²) >= 11 is 0. The zero-order chi connectivity index (χ0) is 20.9. The van der Waals surface area contributed by atoms with E-state index < -0.39 is 0 Å². The molecule has 0 aliphatic carbocycles. The van der Waals surface area contributed by atoms with Crippen LogP contribution in [0.3, 0.4) is 0 Å². The first-order valence-electron chi connectivity index (χ1n) is 10.1. The van der Waals surface area contributed by atoms with Crippen LogP contribution in [0.1, 0.15) is 12.8 Å². The molecule has 158 valence electrons. The Morgan fingerprint density at radius 2 is 1.87 bits per heavy atom. The molecule has 2 aliphatic heterocycles. The number of aromatic nitrogens is 2. The summed E-state index contributed by atoms with van der Waals surface area (Å²) in [6.45, 7) is 2.28. The molecule has 2 fully saturated rings. The first kappa shape index (κ1) is 19.9. The van der Waals surface area contributed by atoms with E-state index in [1.54, 1.807) is 20.9 Å². The van der Waals surface area contributed by atoms with E-state index in [0.717, 1.165) is 18.5 Å². The van der Waals surface area contributed by atoms with Gasteiger partial charge in [-0.15, -0.1) is 0 Å². The van der Waals surface area contributed by atoms with Crippen molar-refractivity contribution in [1.29, 1.82) is 0 Å². The van der Waals surface area contributed by atoms with Crippen molar-refractivity contribution in [3.05, 3.63) is 42.7 Å². The van der Waals surface area contributed by atoms with Crippen LogP contribution in [0.25, 0.3) is 0 Å². The maximum Gasteiger partial charge on any atom is 0.325 e. The fourth-order valence-corrected chi connectivity index (χ4v) is 3.79. The molecular weight excluding hydrogens is 386 g/mol. The number of para-hydroxylation sites is 1. The van der Waals surface area contributed by atoms with Crippen molar-refractivity contribution in [1.82, 2.24) is 19.8 Å². The maximum absolute atomic E-state index is 12.9. The van der Waals surface area contributed by atoms with Crippen molar-refractivity contribution in [3.63, 3.8) is 0 Å². The molecule has 9 heteroatoms. The van der Waals surface area contributed by atoms with Gasteiger partial charge in [-0.1, -0.05) is 18.2 Å². The number of likely N-dealkylation sites (tertiary alicyclic amines) is 1. The van der Waals surface area contributed by atoms with Crippen molar-refractivity contribution in [2.75, 3.05) is 44.7 Å². The predicted octanol–water partition coefficient (Wildman–Crippen LogP) is 1.80. The summed E-state index contributed by atoms with van der Waals surface area (Å²) in [6, 6.07) is 9.38. The van der Waals surface area contributed by atoms with Crippen LogP contribution in [-0.2, 0) is 4.79 Å². The minimum absolute atomic E-state index is 0.0716. The zero-order valence-corrected chi connectivity index (χ0v) is 16.9. The highest BCUT2D eigenvalue weighted by Crippen LogP contribution is 2.24. The lowest BCUT2D eigenvalue weighted by molar-refractivity contribution is -0.134. The molecule has 2 aliphatic rings. The molecule has 3 amide bonds. The van der Waals surface area contributed by atoms with Crippen LogP contribution in [0.5, 0.6) is 11.8 Å². The third-order valence-corrected chi connectivity index (χ3v) is 5.32. The highest BCUT2D eigenvalue weighted by molar-refractivity contribution is 5.96. The van der Waals surface area contributed by atoms with Gasteiger partial charge in [0, 0.05) is 37.7 Å². The highest BCUT2D eigenvalue weighted by Gasteiger charge is 2.33. The Hall–Kier alpha value is -3.36. The van der Waals surface area contributed by atoms with Gasteiger partial charge in [0.25, 0.3) is 11.8 Å². The Balaban J connectivity index is 1.34. The molecule has 9 nitrogen and oxygen atoms in total. The van der Waals surface area contributed by atoms with Crippen molar-refractivity contribution in [2.24, 2.45) is 0 Å². The van der Waals surface area contributed by atoms with Crippen molar-refractivity contribution in [2.45, 2.75) is 18.9 Å². The van der Waals surface area contributed by atoms with Crippen molar-refractivity contribution in [3.8, 4) is 11.8 Å². The van der Waals surface area contributed by atoms with Gasteiger partial charge in [-0.3, -0.25) is 9.69 Å². The summed E-state index contributed by atoms with van der Waals surface area (Å²) in [6.07, 6.45) is 4.52. The molecular formula is C21H25N5O4. The van der Waals surface area contributed by atoms with Crippen molar-refractivity contribution < 1.29 is 19.1 Å². The number of hydrogen-bond donors (Lipinski definition) is 0. The highest BCUT2D eigenvalue weighted by atomic mass is 16.5. The van der Waals surface area contributed by atoms with Gasteiger partial charge in [0.1, 0.15) is 12.6 Å². The average Bonchev–Trinajstić information content (AvgIpc) is 3.15. The van der Waals surface area contributed by atoms with Crippen LogP contribution >= 0.6 is 0 Å². The van der Waals surface area contributed by atoms with Crippen LogP contribution in [-0.4, -0.2) is 77.6 Å². The molecule has 4 rings (SSSR count). The van der Waals surface area contributed by atoms with Crippen LogP contribution in [0.4, 0.5) is 10.5 Å². The lowest BCUT2D eigenvalue weighted by Crippen LogP contribution is -2.48. The van der Waals surface area contributed by atoms with Crippen LogP contribution in [0.15, 0.2) is 42.7 Å². The Labute approximate surface area is 175 Å². The van der Waals surface area contributed by atoms with Gasteiger partial charge in [-0.25, -0.2) is 14.8 Å². The van der Waals surface area contributed by atoms with E-state index in [-0.39, 0.29) is 24.6 Å². The summed E-state index contributed by atoms with van der Waals surface area (Å²) in [4.78, 5) is 38.9. The summed E-state index contributed by atoms with van der Waals surface area (Å²) in [7, 11) is 1.51. The number of rotatable bonds is 6. The first-order valence-corrected chi connectivity index (χ1v) is 10.1. The van der Waals surface area contributed by atoms with Gasteiger partial charge in [-0.2, -0.15) is 0 Å². The third kappa shape index (κ3) is 4.29. The predicted molar refractivity (Wildman–Crippen MR) is 110 cm³/mol. The Morgan fingerprint density at radius 3 is 2.63 bits per heavy atom. The molecule has 2 saturated heterocycles. The number of carbonyl (C=O) groups excluding carboxylic acids is 2. The van der Waals surface area contributed by atoms with Gasteiger partial charge in [-0.05, 0) is 25.0 Å². The molecule has 0 spiro atoms. The minimum Gasteiger partial charge on any atom is -0.477 e. The molecule has 3 heterocycles. The monoisotopic (exact) mass is 411 g/mol. The molecule has 1 atom stereocenters. The number of benzene rings is 1. The van der Waals surface area contributed by atoms with E-state index in [2.05, 4.69) is 9.97 Å². The van der Waals surface area contributed by atoms with E-state index in [1.165, 1.54) is 13.3 Å². The van der Waals surface area contributed by atoms with Gasteiger partial charge in [0.15, 0.2) is 0 Å². The van der Waals surface area contributed by atoms with E-state index in [4.69, 9.17) is 9.47 Å². The average molecular weight is 411 g/mol. The molecule has 0 bridgehead atoms. The molecule has 1 aromatic heterocycles. The number of amides is 3.